The zero-order valence-corrected chi connectivity index (χ0v) is 12.6. The van der Waals surface area contributed by atoms with E-state index in [1.54, 1.807) is 18.2 Å². The molecule has 0 radical (unpaired) electrons. The molecule has 6 heteroatoms. The minimum Gasteiger partial charge on any atom is -0.323 e. The molecule has 0 saturated heterocycles. The van der Waals surface area contributed by atoms with Gasteiger partial charge in [0, 0.05) is 27.3 Å². The third-order valence-corrected chi connectivity index (χ3v) is 4.52. The van der Waals surface area contributed by atoms with E-state index >= 15 is 0 Å². The fraction of sp³-hybridized carbons (Fsp3) is 0.143. The van der Waals surface area contributed by atoms with Crippen LogP contribution in [0.5, 0.6) is 0 Å². The second kappa shape index (κ2) is 6.76. The van der Waals surface area contributed by atoms with Gasteiger partial charge in [-0.25, -0.2) is 8.78 Å². The summed E-state index contributed by atoms with van der Waals surface area (Å²) in [6.45, 7) is 0. The first-order valence-electron chi connectivity index (χ1n) is 5.76. The van der Waals surface area contributed by atoms with Crippen molar-refractivity contribution in [3.8, 4) is 0 Å². The van der Waals surface area contributed by atoms with Crippen molar-refractivity contribution in [1.82, 2.24) is 0 Å². The number of hydrogen-bond donors (Lipinski definition) is 1. The molecule has 2 aromatic carbocycles. The summed E-state index contributed by atoms with van der Waals surface area (Å²) < 4.78 is 26.7. The maximum absolute atomic E-state index is 13.6. The van der Waals surface area contributed by atoms with E-state index in [9.17, 15) is 8.78 Å². The molecule has 2 aromatic rings. The quantitative estimate of drug-likeness (QED) is 0.791. The Labute approximate surface area is 130 Å². The van der Waals surface area contributed by atoms with E-state index in [-0.39, 0.29) is 5.56 Å². The number of hydrogen-bond acceptors (Lipinski definition) is 2. The molecule has 0 bridgehead atoms. The van der Waals surface area contributed by atoms with Crippen LogP contribution < -0.4 is 5.73 Å². The zero-order chi connectivity index (χ0) is 14.7. The second-order valence-corrected chi connectivity index (χ2v) is 6.06. The van der Waals surface area contributed by atoms with Crippen LogP contribution in [-0.4, -0.2) is 5.75 Å². The summed E-state index contributed by atoms with van der Waals surface area (Å²) in [5, 5.41) is 1.11. The standard InChI is InChI=1S/C14H11Cl2F2NS/c15-8-1-3-11(16)14(5-8)20-7-13(19)10-6-9(17)2-4-12(10)18/h1-6,13H,7,19H2. The van der Waals surface area contributed by atoms with Crippen LogP contribution in [0.25, 0.3) is 0 Å². The highest BCUT2D eigenvalue weighted by Gasteiger charge is 2.14. The van der Waals surface area contributed by atoms with Crippen molar-refractivity contribution in [2.75, 3.05) is 5.75 Å². The van der Waals surface area contributed by atoms with Crippen molar-refractivity contribution in [2.24, 2.45) is 5.73 Å². The molecule has 0 aliphatic heterocycles. The summed E-state index contributed by atoms with van der Waals surface area (Å²) in [5.74, 6) is -0.667. The molecule has 0 fully saturated rings. The molecule has 0 aliphatic rings. The molecule has 0 amide bonds. The van der Waals surface area contributed by atoms with Crippen molar-refractivity contribution in [3.05, 3.63) is 63.6 Å². The number of halogens is 4. The fourth-order valence-corrected chi connectivity index (χ4v) is 3.13. The monoisotopic (exact) mass is 333 g/mol. The molecule has 20 heavy (non-hydrogen) atoms. The SMILES string of the molecule is NC(CSc1cc(Cl)ccc1Cl)c1cc(F)ccc1F. The lowest BCUT2D eigenvalue weighted by atomic mass is 10.1. The maximum Gasteiger partial charge on any atom is 0.128 e. The first kappa shape index (κ1) is 15.6. The van der Waals surface area contributed by atoms with Crippen LogP contribution in [0.1, 0.15) is 11.6 Å². The van der Waals surface area contributed by atoms with Gasteiger partial charge >= 0.3 is 0 Å². The first-order chi connectivity index (χ1) is 9.47. The molecule has 2 N–H and O–H groups in total. The van der Waals surface area contributed by atoms with Gasteiger partial charge < -0.3 is 5.73 Å². The Balaban J connectivity index is 2.10. The molecule has 106 valence electrons. The third-order valence-electron chi connectivity index (χ3n) is 2.67. The summed E-state index contributed by atoms with van der Waals surface area (Å²) in [6, 6.07) is 7.68. The minimum atomic E-state index is -0.634. The zero-order valence-electron chi connectivity index (χ0n) is 10.2. The molecular formula is C14H11Cl2F2NS. The lowest BCUT2D eigenvalue weighted by Crippen LogP contribution is -2.15. The molecule has 0 spiro atoms. The van der Waals surface area contributed by atoms with Gasteiger partial charge in [0.2, 0.25) is 0 Å². The number of nitrogens with two attached hydrogens (primary N) is 1. The predicted octanol–water partition coefficient (Wildman–Crippen LogP) is 5.06. The van der Waals surface area contributed by atoms with E-state index in [4.69, 9.17) is 28.9 Å². The van der Waals surface area contributed by atoms with Crippen LogP contribution >= 0.6 is 35.0 Å². The summed E-state index contributed by atoms with van der Waals surface area (Å²) in [6.07, 6.45) is 0. The number of rotatable bonds is 4. The normalized spacial score (nSPS) is 12.4. The van der Waals surface area contributed by atoms with E-state index in [1.165, 1.54) is 11.8 Å². The fourth-order valence-electron chi connectivity index (χ4n) is 1.66. The molecule has 0 aliphatic carbocycles. The van der Waals surface area contributed by atoms with Gasteiger partial charge in [-0.1, -0.05) is 23.2 Å². The average molecular weight is 334 g/mol. The third kappa shape index (κ3) is 3.85. The first-order valence-corrected chi connectivity index (χ1v) is 7.50. The molecule has 0 aromatic heterocycles. The Morgan fingerprint density at radius 2 is 1.85 bits per heavy atom. The Morgan fingerprint density at radius 1 is 1.10 bits per heavy atom. The highest BCUT2D eigenvalue weighted by Crippen LogP contribution is 2.32. The van der Waals surface area contributed by atoms with Gasteiger partial charge in [0.25, 0.3) is 0 Å². The van der Waals surface area contributed by atoms with Gasteiger partial charge in [0.05, 0.1) is 5.02 Å². The van der Waals surface area contributed by atoms with E-state index < -0.39 is 17.7 Å². The smallest absolute Gasteiger partial charge is 0.128 e. The molecule has 1 unspecified atom stereocenters. The van der Waals surface area contributed by atoms with Crippen LogP contribution in [0.2, 0.25) is 10.0 Å². The van der Waals surface area contributed by atoms with Crippen LogP contribution in [0.3, 0.4) is 0 Å². The maximum atomic E-state index is 13.6. The van der Waals surface area contributed by atoms with Crippen molar-refractivity contribution in [3.63, 3.8) is 0 Å². The minimum absolute atomic E-state index is 0.149. The van der Waals surface area contributed by atoms with E-state index in [2.05, 4.69) is 0 Å². The molecule has 0 saturated carbocycles. The lowest BCUT2D eigenvalue weighted by Gasteiger charge is -2.13. The molecule has 0 heterocycles. The molecule has 1 nitrogen and oxygen atoms in total. The Bertz CT molecular complexity index is 622. The van der Waals surface area contributed by atoms with E-state index in [1.807, 2.05) is 0 Å². The Kier molecular flexibility index (Phi) is 5.27. The molecule has 1 atom stereocenters. The van der Waals surface area contributed by atoms with Gasteiger partial charge in [0.1, 0.15) is 11.6 Å². The van der Waals surface area contributed by atoms with Crippen LogP contribution in [0, 0.1) is 11.6 Å². The van der Waals surface area contributed by atoms with Crippen molar-refractivity contribution < 1.29 is 8.78 Å². The van der Waals surface area contributed by atoms with Crippen molar-refractivity contribution in [1.29, 1.82) is 0 Å². The second-order valence-electron chi connectivity index (χ2n) is 4.16. The largest absolute Gasteiger partial charge is 0.323 e. The van der Waals surface area contributed by atoms with Crippen LogP contribution in [0.15, 0.2) is 41.3 Å². The number of benzene rings is 2. The van der Waals surface area contributed by atoms with Gasteiger partial charge in [-0.15, -0.1) is 11.8 Å². The summed E-state index contributed by atoms with van der Waals surface area (Å²) in [4.78, 5) is 0.756. The van der Waals surface area contributed by atoms with Gasteiger partial charge in [-0.2, -0.15) is 0 Å². The summed E-state index contributed by atoms with van der Waals surface area (Å²) in [7, 11) is 0. The Hall–Kier alpha value is -0.810. The highest BCUT2D eigenvalue weighted by atomic mass is 35.5. The number of thioether (sulfide) groups is 1. The molecular weight excluding hydrogens is 323 g/mol. The highest BCUT2D eigenvalue weighted by molar-refractivity contribution is 7.99. The topological polar surface area (TPSA) is 26.0 Å². The van der Waals surface area contributed by atoms with Gasteiger partial charge in [0.15, 0.2) is 0 Å². The van der Waals surface area contributed by atoms with Crippen molar-refractivity contribution in [2.45, 2.75) is 10.9 Å². The predicted molar refractivity (Wildman–Crippen MR) is 80.5 cm³/mol. The van der Waals surface area contributed by atoms with E-state index in [0.29, 0.717) is 15.8 Å². The summed E-state index contributed by atoms with van der Waals surface area (Å²) in [5.41, 5.74) is 6.05. The van der Waals surface area contributed by atoms with Gasteiger partial charge in [-0.3, -0.25) is 0 Å². The van der Waals surface area contributed by atoms with Gasteiger partial charge in [-0.05, 0) is 36.4 Å². The Morgan fingerprint density at radius 3 is 2.60 bits per heavy atom. The lowest BCUT2D eigenvalue weighted by molar-refractivity contribution is 0.573. The van der Waals surface area contributed by atoms with E-state index in [0.717, 1.165) is 23.1 Å². The average Bonchev–Trinajstić information content (AvgIpc) is 2.42. The van der Waals surface area contributed by atoms with Crippen LogP contribution in [-0.2, 0) is 0 Å². The van der Waals surface area contributed by atoms with Crippen LogP contribution in [0.4, 0.5) is 8.78 Å². The molecule has 2 rings (SSSR count). The van der Waals surface area contributed by atoms with Crippen molar-refractivity contribution >= 4 is 35.0 Å². The summed E-state index contributed by atoms with van der Waals surface area (Å²) >= 11 is 13.3.